The molecule has 1 aromatic rings. The van der Waals surface area contributed by atoms with Crippen LogP contribution in [0.3, 0.4) is 0 Å². The first-order valence-corrected chi connectivity index (χ1v) is 7.38. The summed E-state index contributed by atoms with van der Waals surface area (Å²) in [7, 11) is 0. The van der Waals surface area contributed by atoms with E-state index < -0.39 is 6.04 Å². The van der Waals surface area contributed by atoms with Crippen LogP contribution in [0.2, 0.25) is 0 Å². The van der Waals surface area contributed by atoms with Gasteiger partial charge in [-0.15, -0.1) is 0 Å². The Hall–Kier alpha value is -1.56. The van der Waals surface area contributed by atoms with Gasteiger partial charge in [0.2, 0.25) is 5.91 Å². The van der Waals surface area contributed by atoms with Crippen LogP contribution in [0.5, 0.6) is 0 Å². The van der Waals surface area contributed by atoms with Crippen LogP contribution < -0.4 is 16.0 Å². The van der Waals surface area contributed by atoms with E-state index in [9.17, 15) is 9.59 Å². The second-order valence-electron chi connectivity index (χ2n) is 5.07. The third-order valence-electron chi connectivity index (χ3n) is 3.48. The van der Waals surface area contributed by atoms with Crippen molar-refractivity contribution in [2.24, 2.45) is 5.92 Å². The molecule has 3 N–H and O–H groups in total. The second kappa shape index (κ2) is 6.26. The van der Waals surface area contributed by atoms with E-state index in [2.05, 4.69) is 31.9 Å². The molecule has 0 spiro atoms. The molecule has 20 heavy (non-hydrogen) atoms. The highest BCUT2D eigenvalue weighted by molar-refractivity contribution is 9.10. The maximum absolute atomic E-state index is 12.0. The topological polar surface area (TPSA) is 70.2 Å². The molecule has 1 heterocycles. The summed E-state index contributed by atoms with van der Waals surface area (Å²) in [5.74, 6) is 0.0117. The van der Waals surface area contributed by atoms with E-state index in [0.717, 1.165) is 16.5 Å². The molecular weight excluding hydrogens is 322 g/mol. The smallest absolute Gasteiger partial charge is 0.319 e. The van der Waals surface area contributed by atoms with Gasteiger partial charge >= 0.3 is 6.03 Å². The average Bonchev–Trinajstić information content (AvgIpc) is 2.39. The Morgan fingerprint density at radius 1 is 1.45 bits per heavy atom. The van der Waals surface area contributed by atoms with Gasteiger partial charge in [-0.25, -0.2) is 4.79 Å². The summed E-state index contributed by atoms with van der Waals surface area (Å²) in [5, 5.41) is 8.25. The molecule has 1 saturated heterocycles. The lowest BCUT2D eigenvalue weighted by Crippen LogP contribution is -2.55. The molecule has 2 unspecified atom stereocenters. The first kappa shape index (κ1) is 14.8. The molecule has 0 aromatic heterocycles. The fraction of sp³-hybridized carbons (Fsp3) is 0.429. The van der Waals surface area contributed by atoms with Gasteiger partial charge < -0.3 is 16.0 Å². The summed E-state index contributed by atoms with van der Waals surface area (Å²) in [4.78, 5) is 23.8. The summed E-state index contributed by atoms with van der Waals surface area (Å²) < 4.78 is 0.844. The van der Waals surface area contributed by atoms with Crippen molar-refractivity contribution in [1.82, 2.24) is 10.6 Å². The Morgan fingerprint density at radius 3 is 2.90 bits per heavy atom. The molecule has 2 atom stereocenters. The lowest BCUT2D eigenvalue weighted by atomic mass is 9.94. The summed E-state index contributed by atoms with van der Waals surface area (Å²) in [6.45, 7) is 4.58. The molecule has 1 aromatic carbocycles. The standard InChI is InChI=1S/C14H18BrN3O2/c1-8-4-3-5-10(11(8)15)17-14(20)18-12-9(2)6-7-16-13(12)19/h3-5,9,12H,6-7H2,1-2H3,(H,16,19)(H2,17,18,20). The highest BCUT2D eigenvalue weighted by Crippen LogP contribution is 2.25. The fourth-order valence-corrected chi connectivity index (χ4v) is 2.57. The number of hydrogen-bond acceptors (Lipinski definition) is 2. The van der Waals surface area contributed by atoms with Gasteiger partial charge in [-0.3, -0.25) is 4.79 Å². The molecule has 0 radical (unpaired) electrons. The molecule has 3 amide bonds. The highest BCUT2D eigenvalue weighted by atomic mass is 79.9. The lowest BCUT2D eigenvalue weighted by molar-refractivity contribution is -0.125. The van der Waals surface area contributed by atoms with Crippen molar-refractivity contribution < 1.29 is 9.59 Å². The minimum absolute atomic E-state index is 0.123. The summed E-state index contributed by atoms with van der Waals surface area (Å²) in [6, 6.07) is 4.77. The first-order valence-electron chi connectivity index (χ1n) is 6.59. The molecule has 0 bridgehead atoms. The number of aryl methyl sites for hydroxylation is 1. The van der Waals surface area contributed by atoms with Gasteiger partial charge in [0.15, 0.2) is 0 Å². The Morgan fingerprint density at radius 2 is 2.20 bits per heavy atom. The SMILES string of the molecule is Cc1cccc(NC(=O)NC2C(=O)NCCC2C)c1Br. The Bertz CT molecular complexity index is 533. The number of carbonyl (C=O) groups excluding carboxylic acids is 2. The molecular formula is C14H18BrN3O2. The molecule has 5 nitrogen and oxygen atoms in total. The molecule has 2 rings (SSSR count). The van der Waals surface area contributed by atoms with Gasteiger partial charge in [-0.1, -0.05) is 19.1 Å². The van der Waals surface area contributed by atoms with Gasteiger partial charge in [-0.05, 0) is 46.8 Å². The third kappa shape index (κ3) is 3.30. The molecule has 1 aliphatic rings. The van der Waals surface area contributed by atoms with Crippen molar-refractivity contribution in [1.29, 1.82) is 0 Å². The Balaban J connectivity index is 2.02. The van der Waals surface area contributed by atoms with Crippen LogP contribution in [0.4, 0.5) is 10.5 Å². The van der Waals surface area contributed by atoms with Crippen molar-refractivity contribution in [3.05, 3.63) is 28.2 Å². The summed E-state index contributed by atoms with van der Waals surface area (Å²) in [6.07, 6.45) is 0.866. The lowest BCUT2D eigenvalue weighted by Gasteiger charge is -2.29. The Labute approximate surface area is 126 Å². The largest absolute Gasteiger partial charge is 0.354 e. The second-order valence-corrected chi connectivity index (χ2v) is 5.86. The van der Waals surface area contributed by atoms with E-state index in [4.69, 9.17) is 0 Å². The molecule has 1 fully saturated rings. The van der Waals surface area contributed by atoms with E-state index >= 15 is 0 Å². The normalized spacial score (nSPS) is 22.1. The average molecular weight is 340 g/mol. The van der Waals surface area contributed by atoms with Crippen molar-refractivity contribution in [2.75, 3.05) is 11.9 Å². The van der Waals surface area contributed by atoms with E-state index in [1.165, 1.54) is 0 Å². The zero-order valence-corrected chi connectivity index (χ0v) is 13.1. The number of urea groups is 1. The van der Waals surface area contributed by atoms with Crippen LogP contribution in [0, 0.1) is 12.8 Å². The van der Waals surface area contributed by atoms with Crippen LogP contribution in [-0.4, -0.2) is 24.5 Å². The molecule has 1 aliphatic heterocycles. The minimum Gasteiger partial charge on any atom is -0.354 e. The van der Waals surface area contributed by atoms with Crippen molar-refractivity contribution in [3.8, 4) is 0 Å². The maximum Gasteiger partial charge on any atom is 0.319 e. The zero-order chi connectivity index (χ0) is 14.7. The number of amides is 3. The van der Waals surface area contributed by atoms with Gasteiger partial charge in [-0.2, -0.15) is 0 Å². The zero-order valence-electron chi connectivity index (χ0n) is 11.5. The highest BCUT2D eigenvalue weighted by Gasteiger charge is 2.30. The molecule has 6 heteroatoms. The van der Waals surface area contributed by atoms with E-state index in [0.29, 0.717) is 12.2 Å². The first-order chi connectivity index (χ1) is 9.49. The summed E-state index contributed by atoms with van der Waals surface area (Å²) >= 11 is 3.44. The maximum atomic E-state index is 12.0. The van der Waals surface area contributed by atoms with E-state index in [1.807, 2.05) is 26.0 Å². The van der Waals surface area contributed by atoms with E-state index in [-0.39, 0.29) is 17.9 Å². The quantitative estimate of drug-likeness (QED) is 0.774. The van der Waals surface area contributed by atoms with Crippen LogP contribution in [0.25, 0.3) is 0 Å². The number of halogens is 1. The molecule has 0 aliphatic carbocycles. The number of benzene rings is 1. The van der Waals surface area contributed by atoms with Crippen molar-refractivity contribution >= 4 is 33.6 Å². The number of carbonyl (C=O) groups is 2. The predicted octanol–water partition coefficient (Wildman–Crippen LogP) is 2.40. The minimum atomic E-state index is -0.479. The van der Waals surface area contributed by atoms with Crippen LogP contribution in [-0.2, 0) is 4.79 Å². The Kier molecular flexibility index (Phi) is 4.65. The molecule has 108 valence electrons. The van der Waals surface area contributed by atoms with Crippen molar-refractivity contribution in [2.45, 2.75) is 26.3 Å². The number of nitrogens with one attached hydrogen (secondary N) is 3. The van der Waals surface area contributed by atoms with Crippen molar-refractivity contribution in [3.63, 3.8) is 0 Å². The number of anilines is 1. The summed E-state index contributed by atoms with van der Waals surface area (Å²) in [5.41, 5.74) is 1.72. The van der Waals surface area contributed by atoms with Gasteiger partial charge in [0.25, 0.3) is 0 Å². The number of rotatable bonds is 2. The van der Waals surface area contributed by atoms with Gasteiger partial charge in [0, 0.05) is 11.0 Å². The molecule has 0 saturated carbocycles. The number of piperidine rings is 1. The van der Waals surface area contributed by atoms with Gasteiger partial charge in [0.05, 0.1) is 5.69 Å². The van der Waals surface area contributed by atoms with Gasteiger partial charge in [0.1, 0.15) is 6.04 Å². The monoisotopic (exact) mass is 339 g/mol. The fourth-order valence-electron chi connectivity index (χ4n) is 2.21. The van der Waals surface area contributed by atoms with Crippen LogP contribution >= 0.6 is 15.9 Å². The number of hydrogen-bond donors (Lipinski definition) is 3. The van der Waals surface area contributed by atoms with Crippen LogP contribution in [0.15, 0.2) is 22.7 Å². The van der Waals surface area contributed by atoms with Crippen LogP contribution in [0.1, 0.15) is 18.9 Å². The van der Waals surface area contributed by atoms with E-state index in [1.54, 1.807) is 6.07 Å². The predicted molar refractivity (Wildman–Crippen MR) is 81.6 cm³/mol. The third-order valence-corrected chi connectivity index (χ3v) is 4.53.